The van der Waals surface area contributed by atoms with Gasteiger partial charge in [-0.25, -0.2) is 0 Å². The number of pyridine rings is 1. The fourth-order valence-corrected chi connectivity index (χ4v) is 1.48. The minimum Gasteiger partial charge on any atom is -0.330 e. The highest BCUT2D eigenvalue weighted by molar-refractivity contribution is 5.39. The Balaban J connectivity index is 2.40. The van der Waals surface area contributed by atoms with Crippen molar-refractivity contribution in [3.8, 4) is 0 Å². The molecule has 74 valence electrons. The molecular formula is C10H14N4. The van der Waals surface area contributed by atoms with E-state index in [1.807, 2.05) is 16.5 Å². The predicted octanol–water partition coefficient (Wildman–Crippen LogP) is 0.929. The van der Waals surface area contributed by atoms with Crippen molar-refractivity contribution in [2.75, 3.05) is 6.54 Å². The summed E-state index contributed by atoms with van der Waals surface area (Å²) >= 11 is 0. The average molecular weight is 190 g/mol. The number of aryl methyl sites for hydroxylation is 2. The fraction of sp³-hybridized carbons (Fsp3) is 0.400. The molecule has 0 bridgehead atoms. The van der Waals surface area contributed by atoms with E-state index in [0.29, 0.717) is 6.54 Å². The Morgan fingerprint density at radius 2 is 2.21 bits per heavy atom. The van der Waals surface area contributed by atoms with Gasteiger partial charge >= 0.3 is 0 Å². The number of fused-ring (bicyclic) bond motifs is 1. The van der Waals surface area contributed by atoms with Crippen LogP contribution in [0.3, 0.4) is 0 Å². The smallest absolute Gasteiger partial charge is 0.160 e. The summed E-state index contributed by atoms with van der Waals surface area (Å²) in [4.78, 5) is 0. The summed E-state index contributed by atoms with van der Waals surface area (Å²) in [6.45, 7) is 2.76. The topological polar surface area (TPSA) is 56.2 Å². The SMILES string of the molecule is Cc1ccc2nnc(CCCN)n2c1. The second-order valence-corrected chi connectivity index (χ2v) is 3.44. The third kappa shape index (κ3) is 1.61. The minimum atomic E-state index is 0.695. The summed E-state index contributed by atoms with van der Waals surface area (Å²) < 4.78 is 2.03. The standard InChI is InChI=1S/C10H14N4/c1-8-4-5-10-13-12-9(3-2-6-11)14(10)7-8/h4-5,7H,2-3,6,11H2,1H3. The van der Waals surface area contributed by atoms with Gasteiger partial charge in [0.15, 0.2) is 5.65 Å². The van der Waals surface area contributed by atoms with Gasteiger partial charge in [-0.1, -0.05) is 6.07 Å². The summed E-state index contributed by atoms with van der Waals surface area (Å²) in [6, 6.07) is 4.02. The number of hydrogen-bond acceptors (Lipinski definition) is 3. The van der Waals surface area contributed by atoms with E-state index < -0.39 is 0 Å². The molecule has 0 aliphatic heterocycles. The zero-order valence-electron chi connectivity index (χ0n) is 8.27. The first-order valence-corrected chi connectivity index (χ1v) is 4.81. The Hall–Kier alpha value is -1.42. The lowest BCUT2D eigenvalue weighted by Crippen LogP contribution is -2.03. The van der Waals surface area contributed by atoms with Gasteiger partial charge in [0.2, 0.25) is 0 Å². The van der Waals surface area contributed by atoms with E-state index in [-0.39, 0.29) is 0 Å². The summed E-state index contributed by atoms with van der Waals surface area (Å²) in [5, 5.41) is 8.22. The van der Waals surface area contributed by atoms with Crippen molar-refractivity contribution in [2.24, 2.45) is 5.73 Å². The Bertz CT molecular complexity index is 433. The first-order chi connectivity index (χ1) is 6.81. The van der Waals surface area contributed by atoms with Crippen LogP contribution < -0.4 is 5.73 Å². The Morgan fingerprint density at radius 1 is 1.36 bits per heavy atom. The fourth-order valence-electron chi connectivity index (χ4n) is 1.48. The van der Waals surface area contributed by atoms with Gasteiger partial charge in [0, 0.05) is 12.6 Å². The monoisotopic (exact) mass is 190 g/mol. The van der Waals surface area contributed by atoms with E-state index >= 15 is 0 Å². The number of aromatic nitrogens is 3. The number of hydrogen-bond donors (Lipinski definition) is 1. The van der Waals surface area contributed by atoms with Crippen LogP contribution in [-0.2, 0) is 6.42 Å². The van der Waals surface area contributed by atoms with Crippen molar-refractivity contribution in [2.45, 2.75) is 19.8 Å². The second-order valence-electron chi connectivity index (χ2n) is 3.44. The molecule has 0 spiro atoms. The molecule has 4 heteroatoms. The molecule has 2 N–H and O–H groups in total. The average Bonchev–Trinajstić information content (AvgIpc) is 2.57. The molecule has 0 amide bonds. The highest BCUT2D eigenvalue weighted by Gasteiger charge is 2.03. The Labute approximate surface area is 82.8 Å². The zero-order valence-corrected chi connectivity index (χ0v) is 8.27. The maximum Gasteiger partial charge on any atom is 0.160 e. The Kier molecular flexibility index (Phi) is 2.45. The first-order valence-electron chi connectivity index (χ1n) is 4.81. The summed E-state index contributed by atoms with van der Waals surface area (Å²) in [7, 11) is 0. The molecule has 0 unspecified atom stereocenters. The van der Waals surface area contributed by atoms with Gasteiger partial charge in [0.1, 0.15) is 5.82 Å². The normalized spacial score (nSPS) is 11.0. The van der Waals surface area contributed by atoms with Crippen molar-refractivity contribution in [3.63, 3.8) is 0 Å². The summed E-state index contributed by atoms with van der Waals surface area (Å²) in [6.07, 6.45) is 3.90. The molecule has 2 aromatic rings. The molecule has 2 aromatic heterocycles. The second kappa shape index (κ2) is 3.75. The van der Waals surface area contributed by atoms with Crippen LogP contribution in [0.5, 0.6) is 0 Å². The largest absolute Gasteiger partial charge is 0.330 e. The molecule has 14 heavy (non-hydrogen) atoms. The molecule has 0 aromatic carbocycles. The predicted molar refractivity (Wildman–Crippen MR) is 55.1 cm³/mol. The maximum absolute atomic E-state index is 5.46. The van der Waals surface area contributed by atoms with E-state index in [2.05, 4.69) is 23.3 Å². The molecule has 2 rings (SSSR count). The molecule has 0 aliphatic carbocycles. The van der Waals surface area contributed by atoms with Gasteiger partial charge in [-0.15, -0.1) is 10.2 Å². The van der Waals surface area contributed by atoms with E-state index in [0.717, 1.165) is 24.3 Å². The lowest BCUT2D eigenvalue weighted by molar-refractivity contribution is 0.769. The van der Waals surface area contributed by atoms with Gasteiger partial charge in [-0.3, -0.25) is 4.40 Å². The number of nitrogens with two attached hydrogens (primary N) is 1. The van der Waals surface area contributed by atoms with Gasteiger partial charge in [-0.2, -0.15) is 0 Å². The van der Waals surface area contributed by atoms with Crippen LogP contribution in [0.25, 0.3) is 5.65 Å². The molecule has 0 aliphatic rings. The minimum absolute atomic E-state index is 0.695. The third-order valence-corrected chi connectivity index (χ3v) is 2.23. The van der Waals surface area contributed by atoms with E-state index in [1.54, 1.807) is 0 Å². The molecule has 0 radical (unpaired) electrons. The molecular weight excluding hydrogens is 176 g/mol. The van der Waals surface area contributed by atoms with Crippen LogP contribution in [0.2, 0.25) is 0 Å². The molecule has 0 atom stereocenters. The lowest BCUT2D eigenvalue weighted by Gasteiger charge is -1.99. The van der Waals surface area contributed by atoms with Crippen molar-refractivity contribution in [1.82, 2.24) is 14.6 Å². The van der Waals surface area contributed by atoms with Crippen molar-refractivity contribution < 1.29 is 0 Å². The van der Waals surface area contributed by atoms with E-state index in [4.69, 9.17) is 5.73 Å². The van der Waals surface area contributed by atoms with Crippen molar-refractivity contribution in [3.05, 3.63) is 29.7 Å². The van der Waals surface area contributed by atoms with Crippen LogP contribution in [0.4, 0.5) is 0 Å². The van der Waals surface area contributed by atoms with Crippen molar-refractivity contribution in [1.29, 1.82) is 0 Å². The third-order valence-electron chi connectivity index (χ3n) is 2.23. The highest BCUT2D eigenvalue weighted by Crippen LogP contribution is 2.07. The van der Waals surface area contributed by atoms with Gasteiger partial charge in [0.05, 0.1) is 0 Å². The Morgan fingerprint density at radius 3 is 3.00 bits per heavy atom. The molecule has 0 saturated heterocycles. The van der Waals surface area contributed by atoms with E-state index in [1.165, 1.54) is 5.56 Å². The number of nitrogens with zero attached hydrogens (tertiary/aromatic N) is 3. The van der Waals surface area contributed by atoms with Crippen LogP contribution in [0, 0.1) is 6.92 Å². The lowest BCUT2D eigenvalue weighted by atomic mass is 10.3. The quantitative estimate of drug-likeness (QED) is 0.783. The van der Waals surface area contributed by atoms with Crippen LogP contribution in [0.1, 0.15) is 17.8 Å². The first kappa shape index (κ1) is 9.15. The molecule has 0 fully saturated rings. The van der Waals surface area contributed by atoms with E-state index in [9.17, 15) is 0 Å². The van der Waals surface area contributed by atoms with Gasteiger partial charge in [0.25, 0.3) is 0 Å². The van der Waals surface area contributed by atoms with Crippen molar-refractivity contribution >= 4 is 5.65 Å². The molecule has 0 saturated carbocycles. The van der Waals surface area contributed by atoms with Crippen LogP contribution in [-0.4, -0.2) is 21.1 Å². The molecule has 2 heterocycles. The highest BCUT2D eigenvalue weighted by atomic mass is 15.2. The van der Waals surface area contributed by atoms with Gasteiger partial charge < -0.3 is 5.73 Å². The zero-order chi connectivity index (χ0) is 9.97. The van der Waals surface area contributed by atoms with Crippen LogP contribution >= 0.6 is 0 Å². The number of rotatable bonds is 3. The van der Waals surface area contributed by atoms with Crippen LogP contribution in [0.15, 0.2) is 18.3 Å². The maximum atomic E-state index is 5.46. The summed E-state index contributed by atoms with van der Waals surface area (Å²) in [5.74, 6) is 0.995. The molecule has 4 nitrogen and oxygen atoms in total. The summed E-state index contributed by atoms with van der Waals surface area (Å²) in [5.41, 5.74) is 7.58. The van der Waals surface area contributed by atoms with Gasteiger partial charge in [-0.05, 0) is 31.5 Å².